The number of anilines is 1. The van der Waals surface area contributed by atoms with Crippen LogP contribution in [0, 0.1) is 6.92 Å². The van der Waals surface area contributed by atoms with Crippen molar-refractivity contribution in [3.8, 4) is 10.6 Å². The van der Waals surface area contributed by atoms with E-state index in [0.717, 1.165) is 41.1 Å². The summed E-state index contributed by atoms with van der Waals surface area (Å²) in [4.78, 5) is 46.7. The average molecular weight is 593 g/mol. The second-order valence-electron chi connectivity index (χ2n) is 10.7. The number of rotatable bonds is 12. The number of nitrogens with one attached hydrogen (secondary N) is 1. The molecule has 1 aromatic heterocycles. The average Bonchev–Trinajstić information content (AvgIpc) is 3.62. The maximum Gasteiger partial charge on any atom is 0.272 e. The molecule has 3 amide bonds. The Morgan fingerprint density at radius 1 is 1.00 bits per heavy atom. The van der Waals surface area contributed by atoms with Crippen molar-refractivity contribution in [1.29, 1.82) is 0 Å². The number of aromatic nitrogens is 1. The number of carbonyl (C=O) groups excluding carboxylic acids is 3. The molecule has 0 bridgehead atoms. The molecule has 0 atom stereocenters. The van der Waals surface area contributed by atoms with Crippen molar-refractivity contribution >= 4 is 34.7 Å². The molecule has 42 heavy (non-hydrogen) atoms. The second kappa shape index (κ2) is 14.9. The Kier molecular flexibility index (Phi) is 11.6. The zero-order chi connectivity index (χ0) is 29.5. The Hall–Kier alpha value is -3.76. The van der Waals surface area contributed by atoms with E-state index in [4.69, 9.17) is 0 Å². The lowest BCUT2D eigenvalue weighted by Crippen LogP contribution is -2.48. The monoisotopic (exact) mass is 592 g/mol. The number of carbonyl (C=O) groups is 3. The molecule has 0 saturated heterocycles. The van der Waals surface area contributed by atoms with Gasteiger partial charge in [0.1, 0.15) is 10.7 Å². The highest BCUT2D eigenvalue weighted by molar-refractivity contribution is 7.13. The minimum absolute atomic E-state index is 0. The van der Waals surface area contributed by atoms with Crippen molar-refractivity contribution in [2.45, 2.75) is 53.6 Å². The molecule has 1 aliphatic rings. The highest BCUT2D eigenvalue weighted by atomic mass is 32.1. The zero-order valence-electron chi connectivity index (χ0n) is 24.6. The van der Waals surface area contributed by atoms with Crippen molar-refractivity contribution in [1.82, 2.24) is 25.2 Å². The number of hydrogen-bond donors (Lipinski definition) is 1. The molecule has 3 aromatic rings. The minimum atomic E-state index is -0.138. The molecule has 10 heteroatoms. The Labute approximate surface area is 254 Å². The van der Waals surface area contributed by atoms with Gasteiger partial charge in [0.05, 0.1) is 13.1 Å². The number of hydrazine groups is 1. The van der Waals surface area contributed by atoms with Gasteiger partial charge in [-0.3, -0.25) is 19.4 Å². The van der Waals surface area contributed by atoms with Crippen molar-refractivity contribution in [3.05, 3.63) is 70.2 Å². The third kappa shape index (κ3) is 7.95. The molecule has 1 aliphatic heterocycles. The van der Waals surface area contributed by atoms with Crippen LogP contribution >= 0.6 is 11.3 Å². The predicted molar refractivity (Wildman–Crippen MR) is 170 cm³/mol. The van der Waals surface area contributed by atoms with E-state index >= 15 is 0 Å². The number of unbranched alkanes of at least 4 members (excludes halogenated alkanes) is 2. The molecule has 0 aliphatic carbocycles. The molecular formula is C32H44N6O3S. The quantitative estimate of drug-likeness (QED) is 0.299. The van der Waals surface area contributed by atoms with Crippen molar-refractivity contribution < 1.29 is 14.4 Å². The standard InChI is InChI=1S/C31H40N6O3S.CH4/c1-6-7-10-15-32-28(38)19-36(20-29(39)35(5)37-17-24-11-8-9-12-25(24)18-37)27-14-13-23(16-22(27)2)30-33-26(21-41-30)31(40)34(3)4;/h8-9,11-14,16,21H,6-7,10,15,17-20H2,1-5H3,(H,32,38);1H4. The highest BCUT2D eigenvalue weighted by Gasteiger charge is 2.27. The molecule has 0 spiro atoms. The molecule has 1 N–H and O–H groups in total. The van der Waals surface area contributed by atoms with Gasteiger partial charge in [0.2, 0.25) is 5.91 Å². The fourth-order valence-electron chi connectivity index (χ4n) is 4.89. The fraction of sp³-hybridized carbons (Fsp3) is 0.438. The third-order valence-electron chi connectivity index (χ3n) is 7.29. The van der Waals surface area contributed by atoms with Crippen LogP contribution in [0.2, 0.25) is 0 Å². The lowest BCUT2D eigenvalue weighted by Gasteiger charge is -2.32. The van der Waals surface area contributed by atoms with Gasteiger partial charge in [0, 0.05) is 57.4 Å². The van der Waals surface area contributed by atoms with Gasteiger partial charge in [-0.15, -0.1) is 11.3 Å². The van der Waals surface area contributed by atoms with Crippen molar-refractivity contribution in [3.63, 3.8) is 0 Å². The summed E-state index contributed by atoms with van der Waals surface area (Å²) in [5.74, 6) is -0.340. The number of aryl methyl sites for hydroxylation is 1. The van der Waals surface area contributed by atoms with Gasteiger partial charge in [-0.2, -0.15) is 0 Å². The maximum absolute atomic E-state index is 13.5. The van der Waals surface area contributed by atoms with Crippen molar-refractivity contribution in [2.75, 3.05) is 45.7 Å². The molecule has 0 radical (unpaired) electrons. The minimum Gasteiger partial charge on any atom is -0.355 e. The number of nitrogens with zero attached hydrogens (tertiary/aromatic N) is 5. The van der Waals surface area contributed by atoms with Crippen LogP contribution in [-0.2, 0) is 22.7 Å². The summed E-state index contributed by atoms with van der Waals surface area (Å²) in [6, 6.07) is 14.1. The smallest absolute Gasteiger partial charge is 0.272 e. The Morgan fingerprint density at radius 2 is 1.69 bits per heavy atom. The third-order valence-corrected chi connectivity index (χ3v) is 8.18. The van der Waals surface area contributed by atoms with E-state index in [1.54, 1.807) is 31.5 Å². The molecule has 0 unspecified atom stereocenters. The van der Waals surface area contributed by atoms with Crippen LogP contribution in [0.25, 0.3) is 10.6 Å². The first kappa shape index (κ1) is 32.8. The van der Waals surface area contributed by atoms with Crippen LogP contribution in [0.1, 0.15) is 60.8 Å². The fourth-order valence-corrected chi connectivity index (χ4v) is 5.68. The van der Waals surface area contributed by atoms with Gasteiger partial charge in [-0.25, -0.2) is 9.99 Å². The van der Waals surface area contributed by atoms with Crippen molar-refractivity contribution in [2.24, 2.45) is 0 Å². The lowest BCUT2D eigenvalue weighted by molar-refractivity contribution is -0.145. The number of amides is 3. The molecule has 2 aromatic carbocycles. The number of benzene rings is 2. The summed E-state index contributed by atoms with van der Waals surface area (Å²) in [6.07, 6.45) is 3.07. The van der Waals surface area contributed by atoms with E-state index in [-0.39, 0.29) is 38.2 Å². The first-order valence-electron chi connectivity index (χ1n) is 14.1. The Balaban J connectivity index is 0.00000484. The number of hydrogen-bond acceptors (Lipinski definition) is 7. The van der Waals surface area contributed by atoms with Gasteiger partial charge < -0.3 is 15.1 Å². The van der Waals surface area contributed by atoms with Gasteiger partial charge in [0.15, 0.2) is 0 Å². The van der Waals surface area contributed by atoms with E-state index in [1.807, 2.05) is 47.2 Å². The van der Waals surface area contributed by atoms with Crippen LogP contribution in [0.4, 0.5) is 5.69 Å². The van der Waals surface area contributed by atoms with E-state index < -0.39 is 0 Å². The highest BCUT2D eigenvalue weighted by Crippen LogP contribution is 2.30. The largest absolute Gasteiger partial charge is 0.355 e. The topological polar surface area (TPSA) is 89.1 Å². The Bertz CT molecular complexity index is 1360. The molecule has 9 nitrogen and oxygen atoms in total. The summed E-state index contributed by atoms with van der Waals surface area (Å²) in [6.45, 7) is 6.21. The molecule has 0 saturated carbocycles. The van der Waals surface area contributed by atoms with E-state index in [1.165, 1.54) is 27.4 Å². The van der Waals surface area contributed by atoms with E-state index in [0.29, 0.717) is 25.3 Å². The summed E-state index contributed by atoms with van der Waals surface area (Å²) in [5, 5.41) is 9.22. The van der Waals surface area contributed by atoms with Crippen LogP contribution in [-0.4, -0.2) is 78.4 Å². The Morgan fingerprint density at radius 3 is 2.31 bits per heavy atom. The first-order chi connectivity index (χ1) is 19.7. The van der Waals surface area contributed by atoms with Gasteiger partial charge in [-0.1, -0.05) is 51.5 Å². The molecule has 0 fully saturated rings. The first-order valence-corrected chi connectivity index (χ1v) is 14.9. The molecular weight excluding hydrogens is 548 g/mol. The summed E-state index contributed by atoms with van der Waals surface area (Å²) in [7, 11) is 5.20. The molecule has 4 rings (SSSR count). The lowest BCUT2D eigenvalue weighted by atomic mass is 10.1. The SMILES string of the molecule is C.CCCCCNC(=O)CN(CC(=O)N(C)N1Cc2ccccc2C1)c1ccc(-c2nc(C(=O)N(C)C)cs2)cc1C. The summed E-state index contributed by atoms with van der Waals surface area (Å²) in [5.41, 5.74) is 5.47. The number of thiazole rings is 1. The normalized spacial score (nSPS) is 12.3. The zero-order valence-corrected chi connectivity index (χ0v) is 25.5. The summed E-state index contributed by atoms with van der Waals surface area (Å²) < 4.78 is 0. The van der Waals surface area contributed by atoms with E-state index in [9.17, 15) is 14.4 Å². The summed E-state index contributed by atoms with van der Waals surface area (Å²) >= 11 is 1.42. The second-order valence-corrected chi connectivity index (χ2v) is 11.5. The maximum atomic E-state index is 13.5. The van der Waals surface area contributed by atoms with Crippen LogP contribution in [0.3, 0.4) is 0 Å². The molecule has 226 valence electrons. The number of likely N-dealkylation sites (N-methyl/N-ethyl adjacent to an activating group) is 1. The van der Waals surface area contributed by atoms with Gasteiger partial charge >= 0.3 is 0 Å². The van der Waals surface area contributed by atoms with Crippen LogP contribution < -0.4 is 10.2 Å². The van der Waals surface area contributed by atoms with Gasteiger partial charge in [-0.05, 0) is 48.2 Å². The van der Waals surface area contributed by atoms with Crippen LogP contribution in [0.15, 0.2) is 47.8 Å². The number of fused-ring (bicyclic) bond motifs is 1. The molecule has 2 heterocycles. The van der Waals surface area contributed by atoms with E-state index in [2.05, 4.69) is 29.4 Å². The van der Waals surface area contributed by atoms with Crippen LogP contribution in [0.5, 0.6) is 0 Å². The van der Waals surface area contributed by atoms with Gasteiger partial charge in [0.25, 0.3) is 11.8 Å². The predicted octanol–water partition coefficient (Wildman–Crippen LogP) is 4.96.